The first-order valence-corrected chi connectivity index (χ1v) is 16.2. The van der Waals surface area contributed by atoms with E-state index in [1.807, 2.05) is 48.5 Å². The fraction of sp³-hybridized carbons (Fsp3) is 0.375. The van der Waals surface area contributed by atoms with Gasteiger partial charge in [0.2, 0.25) is 0 Å². The molecule has 0 aliphatic carbocycles. The number of nitrogens with one attached hydrogen (secondary N) is 1. The van der Waals surface area contributed by atoms with Crippen LogP contribution in [0, 0.1) is 0 Å². The van der Waals surface area contributed by atoms with E-state index >= 15 is 0 Å². The second-order valence-corrected chi connectivity index (χ2v) is 12.0. The molecule has 0 spiro atoms. The number of anilines is 1. The molecule has 0 aliphatic heterocycles. The molecule has 2 amide bonds. The lowest BCUT2D eigenvalue weighted by Crippen LogP contribution is -2.52. The summed E-state index contributed by atoms with van der Waals surface area (Å²) in [5, 5.41) is 3.76. The van der Waals surface area contributed by atoms with Gasteiger partial charge in [0.05, 0.1) is 49.5 Å². The van der Waals surface area contributed by atoms with E-state index in [1.165, 1.54) is 29.8 Å². The van der Waals surface area contributed by atoms with E-state index in [-0.39, 0.29) is 18.7 Å². The highest BCUT2D eigenvalue weighted by Crippen LogP contribution is 2.26. The van der Waals surface area contributed by atoms with E-state index in [0.717, 1.165) is 27.5 Å². The third kappa shape index (κ3) is 10.2. The molecule has 13 heteroatoms. The van der Waals surface area contributed by atoms with Crippen LogP contribution in [0.2, 0.25) is 0 Å². The number of hydrogen-bond acceptors (Lipinski definition) is 11. The zero-order valence-electron chi connectivity index (χ0n) is 25.9. The number of ether oxygens (including phenoxy) is 4. The molecule has 11 nitrogen and oxygen atoms in total. The van der Waals surface area contributed by atoms with Gasteiger partial charge in [0.1, 0.15) is 23.1 Å². The lowest BCUT2D eigenvalue weighted by Gasteiger charge is -2.35. The minimum atomic E-state index is -0.506. The molecule has 2 aromatic heterocycles. The highest BCUT2D eigenvalue weighted by atomic mass is 32.1. The van der Waals surface area contributed by atoms with Crippen LogP contribution in [0.1, 0.15) is 22.9 Å². The molecule has 4 rings (SSSR count). The number of rotatable bonds is 16. The van der Waals surface area contributed by atoms with Crippen LogP contribution in [0.25, 0.3) is 0 Å². The summed E-state index contributed by atoms with van der Waals surface area (Å²) in [7, 11) is 4.64. The fourth-order valence-corrected chi connectivity index (χ4v) is 6.12. The normalized spacial score (nSPS) is 12.3. The van der Waals surface area contributed by atoms with Crippen molar-refractivity contribution in [3.05, 3.63) is 87.9 Å². The predicted octanol–water partition coefficient (Wildman–Crippen LogP) is 5.66. The summed E-state index contributed by atoms with van der Waals surface area (Å²) in [5.41, 5.74) is 5.47. The summed E-state index contributed by atoms with van der Waals surface area (Å²) in [5.74, 6) is 1.52. The van der Waals surface area contributed by atoms with Gasteiger partial charge < -0.3 is 24.3 Å². The topological polar surface area (TPSA) is 115 Å². The van der Waals surface area contributed by atoms with Gasteiger partial charge in [0.25, 0.3) is 0 Å². The Morgan fingerprint density at radius 1 is 0.844 bits per heavy atom. The van der Waals surface area contributed by atoms with Crippen molar-refractivity contribution in [2.45, 2.75) is 38.5 Å². The molecule has 2 heterocycles. The van der Waals surface area contributed by atoms with Crippen molar-refractivity contribution in [1.82, 2.24) is 20.2 Å². The summed E-state index contributed by atoms with van der Waals surface area (Å²) < 4.78 is 21.4. The van der Waals surface area contributed by atoms with Gasteiger partial charge in [-0.05, 0) is 54.8 Å². The molecule has 0 bridgehead atoms. The average Bonchev–Trinajstić information content (AvgIpc) is 3.79. The van der Waals surface area contributed by atoms with E-state index in [9.17, 15) is 9.59 Å². The average molecular weight is 654 g/mol. The first-order chi connectivity index (χ1) is 21.9. The minimum Gasteiger partial charge on any atom is -0.497 e. The quantitative estimate of drug-likeness (QED) is 0.164. The van der Waals surface area contributed by atoms with Crippen molar-refractivity contribution in [2.24, 2.45) is 0 Å². The largest absolute Gasteiger partial charge is 0.497 e. The van der Waals surface area contributed by atoms with Crippen LogP contribution in [-0.2, 0) is 28.9 Å². The maximum Gasteiger partial charge on any atom is 0.415 e. The number of likely N-dealkylation sites (N-methyl/N-ethyl adjacent to an activating group) is 1. The van der Waals surface area contributed by atoms with Crippen molar-refractivity contribution >= 4 is 39.9 Å². The maximum atomic E-state index is 13.2. The van der Waals surface area contributed by atoms with Gasteiger partial charge in [-0.25, -0.2) is 9.59 Å². The minimum absolute atomic E-state index is 0.149. The predicted molar refractivity (Wildman–Crippen MR) is 176 cm³/mol. The number of aromatic nitrogens is 2. The van der Waals surface area contributed by atoms with Gasteiger partial charge in [-0.3, -0.25) is 19.8 Å². The number of nitrogens with zero attached hydrogens (tertiary/aromatic N) is 4. The molecule has 0 saturated heterocycles. The number of thiazole rings is 2. The molecular formula is C32H39N5O6S2. The summed E-state index contributed by atoms with van der Waals surface area (Å²) in [6, 6.07) is 15.0. The van der Waals surface area contributed by atoms with Crippen molar-refractivity contribution in [2.75, 3.05) is 45.9 Å². The van der Waals surface area contributed by atoms with E-state index in [4.69, 9.17) is 18.9 Å². The number of carbonyl (C=O) groups excluding carboxylic acids is 2. The van der Waals surface area contributed by atoms with Gasteiger partial charge in [0.15, 0.2) is 0 Å². The van der Waals surface area contributed by atoms with Crippen LogP contribution in [0.15, 0.2) is 71.9 Å². The Bertz CT molecular complexity index is 1440. The van der Waals surface area contributed by atoms with Gasteiger partial charge in [0, 0.05) is 25.3 Å². The van der Waals surface area contributed by atoms with Crippen LogP contribution >= 0.6 is 22.7 Å². The van der Waals surface area contributed by atoms with E-state index < -0.39 is 12.2 Å². The van der Waals surface area contributed by atoms with Crippen molar-refractivity contribution in [3.63, 3.8) is 0 Å². The highest BCUT2D eigenvalue weighted by Gasteiger charge is 2.30. The number of benzene rings is 2. The molecule has 2 atom stereocenters. The first kappa shape index (κ1) is 33.7. The maximum absolute atomic E-state index is 13.2. The van der Waals surface area contributed by atoms with Gasteiger partial charge >= 0.3 is 12.2 Å². The monoisotopic (exact) mass is 653 g/mol. The molecule has 0 aliphatic rings. The van der Waals surface area contributed by atoms with E-state index in [2.05, 4.69) is 27.1 Å². The SMILES string of the molecule is CCN(CC(Cc1ccc(OC)cc1)N(C(=O)OC)c1cncs1)C[C@H](Cc1ccc(OC)cc1)NC(=O)OCc1cncs1. The standard InChI is InChI=1S/C32H39N5O6S2/c1-5-36(18-25(14-23-6-10-27(40-2)11-7-23)35-31(38)43-20-29-16-33-21-44-29)19-26(15-24-8-12-28(41-3)13-9-24)37(32(39)42-4)30-17-34-22-45-30/h6-13,16-17,21-22,25-26H,5,14-15,18-20H2,1-4H3,(H,35,38)/t25-,26?/m0/s1. The third-order valence-electron chi connectivity index (χ3n) is 7.21. The second kappa shape index (κ2) is 17.3. The molecular weight excluding hydrogens is 615 g/mol. The number of amides is 2. The summed E-state index contributed by atoms with van der Waals surface area (Å²) in [6.07, 6.45) is 3.51. The molecule has 240 valence electrons. The lowest BCUT2D eigenvalue weighted by atomic mass is 10.0. The first-order valence-electron chi connectivity index (χ1n) is 14.5. The number of hydrogen-bond donors (Lipinski definition) is 1. The Morgan fingerprint density at radius 3 is 2.00 bits per heavy atom. The Kier molecular flexibility index (Phi) is 13.0. The molecule has 2 aromatic carbocycles. The number of carbonyl (C=O) groups is 2. The highest BCUT2D eigenvalue weighted by molar-refractivity contribution is 7.14. The van der Waals surface area contributed by atoms with Crippen LogP contribution < -0.4 is 19.7 Å². The zero-order valence-corrected chi connectivity index (χ0v) is 27.5. The Hall–Kier alpha value is -4.20. The lowest BCUT2D eigenvalue weighted by molar-refractivity contribution is 0.132. The molecule has 4 aromatic rings. The van der Waals surface area contributed by atoms with Crippen molar-refractivity contribution in [3.8, 4) is 11.5 Å². The van der Waals surface area contributed by atoms with Gasteiger partial charge in [-0.15, -0.1) is 22.7 Å². The van der Waals surface area contributed by atoms with Crippen molar-refractivity contribution < 1.29 is 28.5 Å². The molecule has 0 radical (unpaired) electrons. The summed E-state index contributed by atoms with van der Waals surface area (Å²) in [6.45, 7) is 3.90. The van der Waals surface area contributed by atoms with E-state index in [1.54, 1.807) is 42.5 Å². The molecule has 1 unspecified atom stereocenters. The van der Waals surface area contributed by atoms with Crippen molar-refractivity contribution in [1.29, 1.82) is 0 Å². The third-order valence-corrected chi connectivity index (χ3v) is 8.73. The van der Waals surface area contributed by atoms with Gasteiger partial charge in [-0.1, -0.05) is 31.2 Å². The molecule has 0 fully saturated rings. The summed E-state index contributed by atoms with van der Waals surface area (Å²) in [4.78, 5) is 39.2. The number of alkyl carbamates (subject to hydrolysis) is 1. The molecule has 1 N–H and O–H groups in total. The molecule has 0 saturated carbocycles. The van der Waals surface area contributed by atoms with Crippen LogP contribution in [0.4, 0.5) is 14.6 Å². The van der Waals surface area contributed by atoms with Gasteiger partial charge in [-0.2, -0.15) is 0 Å². The fourth-order valence-electron chi connectivity index (χ4n) is 4.92. The zero-order chi connectivity index (χ0) is 32.0. The Labute approximate surface area is 271 Å². The van der Waals surface area contributed by atoms with Crippen LogP contribution in [0.3, 0.4) is 0 Å². The van der Waals surface area contributed by atoms with E-state index in [0.29, 0.717) is 37.5 Å². The second-order valence-electron chi connectivity index (χ2n) is 10.2. The Balaban J connectivity index is 1.56. The summed E-state index contributed by atoms with van der Waals surface area (Å²) >= 11 is 2.80. The van der Waals surface area contributed by atoms with Crippen LogP contribution in [-0.4, -0.2) is 80.1 Å². The smallest absolute Gasteiger partial charge is 0.415 e. The van der Waals surface area contributed by atoms with Crippen LogP contribution in [0.5, 0.6) is 11.5 Å². The Morgan fingerprint density at radius 2 is 1.47 bits per heavy atom. The number of methoxy groups -OCH3 is 3. The molecule has 45 heavy (non-hydrogen) atoms.